The highest BCUT2D eigenvalue weighted by Gasteiger charge is 2.28. The summed E-state index contributed by atoms with van der Waals surface area (Å²) in [4.78, 5) is 10.0. The van der Waals surface area contributed by atoms with Crippen molar-refractivity contribution in [3.63, 3.8) is 0 Å². The maximum atomic E-state index is 12.6. The van der Waals surface area contributed by atoms with Crippen molar-refractivity contribution in [2.45, 2.75) is 18.2 Å². The van der Waals surface area contributed by atoms with Crippen LogP contribution in [0.15, 0.2) is 47.4 Å². The van der Waals surface area contributed by atoms with Gasteiger partial charge in [-0.05, 0) is 43.2 Å². The van der Waals surface area contributed by atoms with Gasteiger partial charge in [-0.15, -0.1) is 0 Å². The van der Waals surface area contributed by atoms with E-state index in [0.29, 0.717) is 24.2 Å². The van der Waals surface area contributed by atoms with Gasteiger partial charge >= 0.3 is 0 Å². The predicted octanol–water partition coefficient (Wildman–Crippen LogP) is 2.24. The van der Waals surface area contributed by atoms with Crippen molar-refractivity contribution in [1.82, 2.24) is 0 Å². The molecule has 1 fully saturated rings. The van der Waals surface area contributed by atoms with E-state index in [-0.39, 0.29) is 22.0 Å². The number of hydrogen-bond donors (Lipinski definition) is 1. The Hall–Kier alpha value is -2.66. The fourth-order valence-corrected chi connectivity index (χ4v) is 5.72. The molecule has 144 valence electrons. The van der Waals surface area contributed by atoms with Crippen molar-refractivity contribution in [2.75, 3.05) is 21.3 Å². The van der Waals surface area contributed by atoms with Crippen LogP contribution in [0.1, 0.15) is 12.0 Å². The normalized spacial score (nSPS) is 16.3. The summed E-state index contributed by atoms with van der Waals surface area (Å²) in [5, 5.41) is 10.9. The molecular weight excluding hydrogens is 394 g/mol. The van der Waals surface area contributed by atoms with Crippen LogP contribution in [0.3, 0.4) is 0 Å². The number of anilines is 2. The molecule has 1 N–H and O–H groups in total. The van der Waals surface area contributed by atoms with Gasteiger partial charge in [0.1, 0.15) is 0 Å². The molecule has 1 aliphatic heterocycles. The van der Waals surface area contributed by atoms with Crippen LogP contribution in [0, 0.1) is 17.0 Å². The Morgan fingerprint density at radius 1 is 1.15 bits per heavy atom. The van der Waals surface area contributed by atoms with Gasteiger partial charge in [-0.1, -0.05) is 6.07 Å². The Labute approximate surface area is 156 Å². The quantitative estimate of drug-likeness (QED) is 0.594. The Morgan fingerprint density at radius 3 is 2.37 bits per heavy atom. The highest BCUT2D eigenvalue weighted by molar-refractivity contribution is 7.93. The average Bonchev–Trinajstić information content (AvgIpc) is 2.94. The lowest BCUT2D eigenvalue weighted by Crippen LogP contribution is -2.25. The van der Waals surface area contributed by atoms with E-state index >= 15 is 0 Å². The van der Waals surface area contributed by atoms with Crippen molar-refractivity contribution in [3.05, 3.63) is 58.1 Å². The highest BCUT2D eigenvalue weighted by atomic mass is 32.2. The number of nitro benzene ring substituents is 1. The number of rotatable bonds is 5. The van der Waals surface area contributed by atoms with Gasteiger partial charge in [-0.2, -0.15) is 0 Å². The zero-order chi connectivity index (χ0) is 19.8. The molecule has 0 radical (unpaired) electrons. The minimum Gasteiger partial charge on any atom is -0.280 e. The zero-order valence-electron chi connectivity index (χ0n) is 14.3. The molecule has 27 heavy (non-hydrogen) atoms. The van der Waals surface area contributed by atoms with E-state index in [4.69, 9.17) is 0 Å². The molecule has 11 heteroatoms. The van der Waals surface area contributed by atoms with Gasteiger partial charge in [0.2, 0.25) is 10.0 Å². The first kappa shape index (κ1) is 19.1. The second-order valence-electron chi connectivity index (χ2n) is 6.10. The maximum Gasteiger partial charge on any atom is 0.270 e. The van der Waals surface area contributed by atoms with Crippen molar-refractivity contribution in [2.24, 2.45) is 0 Å². The molecule has 0 amide bonds. The summed E-state index contributed by atoms with van der Waals surface area (Å²) >= 11 is 0. The standard InChI is InChI=1S/C16H17N3O6S2/c1-12-3-6-15(19(20)21)11-16(12)27(24,25)17-13-4-7-14(8-5-13)18-9-2-10-26(18,22)23/h3-8,11,17H,2,9-10H2,1H3. The molecule has 0 bridgehead atoms. The third-order valence-corrected chi connectivity index (χ3v) is 7.57. The van der Waals surface area contributed by atoms with Gasteiger partial charge in [-0.25, -0.2) is 16.8 Å². The van der Waals surface area contributed by atoms with Crippen LogP contribution in [0.4, 0.5) is 17.1 Å². The van der Waals surface area contributed by atoms with E-state index in [1.165, 1.54) is 40.7 Å². The number of nitrogens with zero attached hydrogens (tertiary/aromatic N) is 2. The smallest absolute Gasteiger partial charge is 0.270 e. The second-order valence-corrected chi connectivity index (χ2v) is 9.76. The van der Waals surface area contributed by atoms with E-state index in [1.807, 2.05) is 0 Å². The number of non-ortho nitro benzene ring substituents is 1. The van der Waals surface area contributed by atoms with Crippen molar-refractivity contribution in [3.8, 4) is 0 Å². The third-order valence-electron chi connectivity index (χ3n) is 4.18. The van der Waals surface area contributed by atoms with Crippen LogP contribution >= 0.6 is 0 Å². The molecule has 0 spiro atoms. The van der Waals surface area contributed by atoms with E-state index in [1.54, 1.807) is 6.92 Å². The van der Waals surface area contributed by atoms with Crippen LogP contribution in [0.5, 0.6) is 0 Å². The highest BCUT2D eigenvalue weighted by Crippen LogP contribution is 2.27. The van der Waals surface area contributed by atoms with E-state index in [9.17, 15) is 26.9 Å². The molecule has 0 saturated carbocycles. The summed E-state index contributed by atoms with van der Waals surface area (Å²) in [6.45, 7) is 1.93. The molecule has 1 heterocycles. The van der Waals surface area contributed by atoms with Gasteiger partial charge in [0.15, 0.2) is 0 Å². The first-order valence-electron chi connectivity index (χ1n) is 7.98. The number of hydrogen-bond acceptors (Lipinski definition) is 6. The fourth-order valence-electron chi connectivity index (χ4n) is 2.83. The topological polar surface area (TPSA) is 127 Å². The number of nitro groups is 1. The molecule has 2 aromatic carbocycles. The largest absolute Gasteiger partial charge is 0.280 e. The number of aryl methyl sites for hydroxylation is 1. The summed E-state index contributed by atoms with van der Waals surface area (Å²) < 4.78 is 52.7. The summed E-state index contributed by atoms with van der Waals surface area (Å²) in [6.07, 6.45) is 0.544. The minimum atomic E-state index is -4.04. The molecule has 1 saturated heterocycles. The number of sulfonamides is 2. The first-order valence-corrected chi connectivity index (χ1v) is 11.1. The van der Waals surface area contributed by atoms with Crippen LogP contribution in [0.25, 0.3) is 0 Å². The Morgan fingerprint density at radius 2 is 1.81 bits per heavy atom. The van der Waals surface area contributed by atoms with Gasteiger partial charge in [0.25, 0.3) is 15.7 Å². The maximum absolute atomic E-state index is 12.6. The van der Waals surface area contributed by atoms with Crippen molar-refractivity contribution < 1.29 is 21.8 Å². The van der Waals surface area contributed by atoms with Crippen molar-refractivity contribution in [1.29, 1.82) is 0 Å². The molecule has 0 atom stereocenters. The number of nitrogens with one attached hydrogen (secondary N) is 1. The average molecular weight is 411 g/mol. The minimum absolute atomic E-state index is 0.0907. The first-order chi connectivity index (χ1) is 12.6. The second kappa shape index (κ2) is 6.82. The molecule has 1 aliphatic rings. The molecule has 2 aromatic rings. The summed E-state index contributed by atoms with van der Waals surface area (Å²) in [6, 6.07) is 9.54. The molecule has 0 unspecified atom stereocenters. The lowest BCUT2D eigenvalue weighted by atomic mass is 10.2. The Kier molecular flexibility index (Phi) is 4.82. The van der Waals surface area contributed by atoms with Crippen LogP contribution in [-0.2, 0) is 20.0 Å². The summed E-state index contributed by atoms with van der Waals surface area (Å²) in [7, 11) is -7.36. The Bertz CT molecular complexity index is 1100. The third kappa shape index (κ3) is 3.88. The van der Waals surface area contributed by atoms with Crippen LogP contribution in [-0.4, -0.2) is 34.1 Å². The van der Waals surface area contributed by atoms with Gasteiger partial charge < -0.3 is 0 Å². The fraction of sp³-hybridized carbons (Fsp3) is 0.250. The lowest BCUT2D eigenvalue weighted by molar-refractivity contribution is -0.385. The molecule has 3 rings (SSSR count). The predicted molar refractivity (Wildman–Crippen MR) is 101 cm³/mol. The molecule has 0 aliphatic carbocycles. The Balaban J connectivity index is 1.87. The van der Waals surface area contributed by atoms with Gasteiger partial charge in [-0.3, -0.25) is 19.1 Å². The van der Waals surface area contributed by atoms with Crippen molar-refractivity contribution >= 4 is 37.1 Å². The van der Waals surface area contributed by atoms with Crippen LogP contribution in [0.2, 0.25) is 0 Å². The molecule has 0 aromatic heterocycles. The molecule has 9 nitrogen and oxygen atoms in total. The van der Waals surface area contributed by atoms with E-state index < -0.39 is 25.0 Å². The van der Waals surface area contributed by atoms with Gasteiger partial charge in [0.05, 0.1) is 21.3 Å². The van der Waals surface area contributed by atoms with Crippen LogP contribution < -0.4 is 9.03 Å². The molecular formula is C16H17N3O6S2. The summed E-state index contributed by atoms with van der Waals surface area (Å²) in [5.41, 5.74) is 0.728. The van der Waals surface area contributed by atoms with E-state index in [0.717, 1.165) is 6.07 Å². The zero-order valence-corrected chi connectivity index (χ0v) is 16.0. The van der Waals surface area contributed by atoms with Gasteiger partial charge in [0, 0.05) is 24.4 Å². The monoisotopic (exact) mass is 411 g/mol. The van der Waals surface area contributed by atoms with E-state index in [2.05, 4.69) is 4.72 Å². The summed E-state index contributed by atoms with van der Waals surface area (Å²) in [5.74, 6) is 0.0907. The SMILES string of the molecule is Cc1ccc([N+](=O)[O-])cc1S(=O)(=O)Nc1ccc(N2CCCS2(=O)=O)cc1. The lowest BCUT2D eigenvalue weighted by Gasteiger charge is -2.17. The number of benzene rings is 2.